The molecular formula is C27H27NO3S. The SMILES string of the molecule is CCOC(=O)C1=C(O)[C@@H](Sc2ccc(C)cc2)[C@H](c2ccccc2)N[C@H]1c1ccccc1. The number of aliphatic hydroxyl groups is 1. The standard InChI is InChI=1S/C27H27NO3S/c1-3-31-27(30)22-23(19-10-6-4-7-11-19)28-24(20-12-8-5-9-13-20)26(25(22)29)32-21-16-14-18(2)15-17-21/h4-17,23-24,26,28-29H,3H2,1-2H3/t23-,24-,26-/m0/s1. The number of carbonyl (C=O) groups is 1. The first-order valence-electron chi connectivity index (χ1n) is 10.8. The van der Waals surface area contributed by atoms with Gasteiger partial charge in [-0.3, -0.25) is 5.32 Å². The van der Waals surface area contributed by atoms with E-state index in [1.807, 2.05) is 79.7 Å². The van der Waals surface area contributed by atoms with Gasteiger partial charge in [0, 0.05) is 4.90 Å². The van der Waals surface area contributed by atoms with E-state index in [2.05, 4.69) is 17.4 Å². The highest BCUT2D eigenvalue weighted by Crippen LogP contribution is 2.44. The van der Waals surface area contributed by atoms with E-state index in [9.17, 15) is 9.90 Å². The van der Waals surface area contributed by atoms with Gasteiger partial charge in [0.25, 0.3) is 0 Å². The molecule has 0 aromatic heterocycles. The number of benzene rings is 3. The molecular weight excluding hydrogens is 418 g/mol. The normalized spacial score (nSPS) is 20.8. The van der Waals surface area contributed by atoms with E-state index in [-0.39, 0.29) is 29.2 Å². The highest BCUT2D eigenvalue weighted by Gasteiger charge is 2.42. The molecule has 1 heterocycles. The number of hydrogen-bond acceptors (Lipinski definition) is 5. The lowest BCUT2D eigenvalue weighted by Gasteiger charge is -2.38. The first-order valence-corrected chi connectivity index (χ1v) is 11.7. The minimum Gasteiger partial charge on any atom is -0.510 e. The third-order valence-corrected chi connectivity index (χ3v) is 6.85. The molecule has 0 saturated carbocycles. The molecule has 1 aliphatic rings. The Morgan fingerprint density at radius 3 is 2.12 bits per heavy atom. The summed E-state index contributed by atoms with van der Waals surface area (Å²) in [6.07, 6.45) is 0. The van der Waals surface area contributed by atoms with Crippen LogP contribution in [0.2, 0.25) is 0 Å². The zero-order valence-corrected chi connectivity index (χ0v) is 19.0. The average molecular weight is 446 g/mol. The van der Waals surface area contributed by atoms with Crippen molar-refractivity contribution in [2.75, 3.05) is 6.61 Å². The Kier molecular flexibility index (Phi) is 6.98. The van der Waals surface area contributed by atoms with Gasteiger partial charge in [-0.2, -0.15) is 0 Å². The molecule has 0 amide bonds. The summed E-state index contributed by atoms with van der Waals surface area (Å²) in [5, 5.41) is 14.8. The second-order valence-corrected chi connectivity index (χ2v) is 8.98. The zero-order chi connectivity index (χ0) is 22.5. The van der Waals surface area contributed by atoms with Gasteiger partial charge in [0.2, 0.25) is 0 Å². The van der Waals surface area contributed by atoms with Crippen LogP contribution in [-0.2, 0) is 9.53 Å². The van der Waals surface area contributed by atoms with E-state index < -0.39 is 12.0 Å². The van der Waals surface area contributed by atoms with Crippen molar-refractivity contribution in [3.05, 3.63) is 113 Å². The van der Waals surface area contributed by atoms with E-state index in [4.69, 9.17) is 4.74 Å². The molecule has 4 nitrogen and oxygen atoms in total. The van der Waals surface area contributed by atoms with Gasteiger partial charge in [0.15, 0.2) is 0 Å². The van der Waals surface area contributed by atoms with Crippen molar-refractivity contribution in [2.45, 2.75) is 36.1 Å². The molecule has 5 heteroatoms. The minimum atomic E-state index is -0.493. The first kappa shape index (κ1) is 22.2. The Hall–Kier alpha value is -3.02. The Labute approximate surface area is 193 Å². The van der Waals surface area contributed by atoms with Crippen LogP contribution >= 0.6 is 11.8 Å². The molecule has 3 atom stereocenters. The largest absolute Gasteiger partial charge is 0.510 e. The van der Waals surface area contributed by atoms with Crippen molar-refractivity contribution >= 4 is 17.7 Å². The third-order valence-electron chi connectivity index (χ3n) is 5.55. The van der Waals surface area contributed by atoms with Crippen LogP contribution in [0.25, 0.3) is 0 Å². The number of thioether (sulfide) groups is 1. The van der Waals surface area contributed by atoms with Gasteiger partial charge in [0.05, 0.1) is 29.5 Å². The smallest absolute Gasteiger partial charge is 0.339 e. The van der Waals surface area contributed by atoms with Crippen LogP contribution in [0.4, 0.5) is 0 Å². The molecule has 2 N–H and O–H groups in total. The molecule has 3 aromatic carbocycles. The number of hydrogen-bond donors (Lipinski definition) is 2. The lowest BCUT2D eigenvalue weighted by Crippen LogP contribution is -2.43. The van der Waals surface area contributed by atoms with Crippen LogP contribution in [-0.4, -0.2) is 22.9 Å². The highest BCUT2D eigenvalue weighted by molar-refractivity contribution is 8.00. The lowest BCUT2D eigenvalue weighted by atomic mass is 9.88. The van der Waals surface area contributed by atoms with Crippen molar-refractivity contribution in [2.24, 2.45) is 0 Å². The van der Waals surface area contributed by atoms with Gasteiger partial charge in [-0.15, -0.1) is 11.8 Å². The van der Waals surface area contributed by atoms with Gasteiger partial charge in [0.1, 0.15) is 5.76 Å². The molecule has 3 aromatic rings. The molecule has 0 saturated heterocycles. The van der Waals surface area contributed by atoms with Crippen LogP contribution in [0.1, 0.15) is 35.7 Å². The summed E-state index contributed by atoms with van der Waals surface area (Å²) < 4.78 is 5.35. The fourth-order valence-corrected chi connectivity index (χ4v) is 5.16. The molecule has 0 fully saturated rings. The van der Waals surface area contributed by atoms with Gasteiger partial charge in [-0.1, -0.05) is 78.4 Å². The number of nitrogens with one attached hydrogen (secondary N) is 1. The van der Waals surface area contributed by atoms with Crippen molar-refractivity contribution in [1.82, 2.24) is 5.32 Å². The lowest BCUT2D eigenvalue weighted by molar-refractivity contribution is -0.139. The minimum absolute atomic E-state index is 0.0653. The number of aryl methyl sites for hydroxylation is 1. The van der Waals surface area contributed by atoms with E-state index in [0.29, 0.717) is 0 Å². The van der Waals surface area contributed by atoms with Crippen molar-refractivity contribution in [3.8, 4) is 0 Å². The number of esters is 1. The predicted molar refractivity (Wildman–Crippen MR) is 129 cm³/mol. The summed E-state index contributed by atoms with van der Waals surface area (Å²) >= 11 is 1.54. The van der Waals surface area contributed by atoms with E-state index in [0.717, 1.165) is 16.0 Å². The zero-order valence-electron chi connectivity index (χ0n) is 18.2. The van der Waals surface area contributed by atoms with Crippen molar-refractivity contribution in [3.63, 3.8) is 0 Å². The van der Waals surface area contributed by atoms with Gasteiger partial charge >= 0.3 is 5.97 Å². The van der Waals surface area contributed by atoms with Crippen LogP contribution in [0.15, 0.2) is 101 Å². The second kappa shape index (κ2) is 10.1. The second-order valence-electron chi connectivity index (χ2n) is 7.77. The molecule has 1 aliphatic heterocycles. The van der Waals surface area contributed by atoms with Crippen LogP contribution in [0.5, 0.6) is 0 Å². The molecule has 4 rings (SSSR count). The molecule has 0 radical (unpaired) electrons. The molecule has 0 aliphatic carbocycles. The van der Waals surface area contributed by atoms with Gasteiger partial charge in [-0.05, 0) is 37.1 Å². The molecule has 0 bridgehead atoms. The van der Waals surface area contributed by atoms with Crippen LogP contribution in [0.3, 0.4) is 0 Å². The average Bonchev–Trinajstić information content (AvgIpc) is 2.82. The number of aliphatic hydroxyl groups excluding tert-OH is 1. The maximum Gasteiger partial charge on any atom is 0.339 e. The first-order chi connectivity index (χ1) is 15.6. The molecule has 164 valence electrons. The maximum absolute atomic E-state index is 13.0. The number of rotatable bonds is 6. The molecule has 0 spiro atoms. The summed E-state index contributed by atoms with van der Waals surface area (Å²) in [7, 11) is 0. The van der Waals surface area contributed by atoms with Crippen LogP contribution < -0.4 is 5.32 Å². The Balaban J connectivity index is 1.83. The molecule has 32 heavy (non-hydrogen) atoms. The summed E-state index contributed by atoms with van der Waals surface area (Å²) in [4.78, 5) is 14.0. The summed E-state index contributed by atoms with van der Waals surface area (Å²) in [6.45, 7) is 4.06. The fourth-order valence-electron chi connectivity index (χ4n) is 3.97. The Morgan fingerprint density at radius 2 is 1.53 bits per heavy atom. The fraction of sp³-hybridized carbons (Fsp3) is 0.222. The predicted octanol–water partition coefficient (Wildman–Crippen LogP) is 5.92. The Morgan fingerprint density at radius 1 is 0.938 bits per heavy atom. The van der Waals surface area contributed by atoms with E-state index in [1.54, 1.807) is 18.7 Å². The van der Waals surface area contributed by atoms with Crippen molar-refractivity contribution in [1.29, 1.82) is 0 Å². The highest BCUT2D eigenvalue weighted by atomic mass is 32.2. The third kappa shape index (κ3) is 4.74. The number of ether oxygens (including phenoxy) is 1. The summed E-state index contributed by atoms with van der Waals surface area (Å²) in [5.41, 5.74) is 3.40. The quantitative estimate of drug-likeness (QED) is 0.462. The molecule has 0 unspecified atom stereocenters. The monoisotopic (exact) mass is 445 g/mol. The van der Waals surface area contributed by atoms with Gasteiger partial charge in [-0.25, -0.2) is 4.79 Å². The van der Waals surface area contributed by atoms with E-state index >= 15 is 0 Å². The van der Waals surface area contributed by atoms with Gasteiger partial charge < -0.3 is 9.84 Å². The van der Waals surface area contributed by atoms with Crippen molar-refractivity contribution < 1.29 is 14.6 Å². The topological polar surface area (TPSA) is 58.6 Å². The Bertz CT molecular complexity index is 1080. The number of carbonyl (C=O) groups excluding carboxylic acids is 1. The maximum atomic E-state index is 13.0. The van der Waals surface area contributed by atoms with Crippen LogP contribution in [0, 0.1) is 6.92 Å². The summed E-state index contributed by atoms with van der Waals surface area (Å²) in [5.74, 6) is -0.428. The summed E-state index contributed by atoms with van der Waals surface area (Å²) in [6, 6.07) is 27.3. The van der Waals surface area contributed by atoms with E-state index in [1.165, 1.54) is 5.56 Å².